The molecule has 0 bridgehead atoms. The fourth-order valence-corrected chi connectivity index (χ4v) is 2.10. The van der Waals surface area contributed by atoms with Gasteiger partial charge in [-0.15, -0.1) is 0 Å². The van der Waals surface area contributed by atoms with Gasteiger partial charge in [0.05, 0.1) is 5.60 Å². The quantitative estimate of drug-likeness (QED) is 0.794. The first-order valence-electron chi connectivity index (χ1n) is 6.58. The zero-order chi connectivity index (χ0) is 14.4. The van der Waals surface area contributed by atoms with Gasteiger partial charge in [-0.05, 0) is 31.4 Å². The molecule has 2 N–H and O–H groups in total. The number of nitrogens with zero attached hydrogens (tertiary/aromatic N) is 1. The number of ether oxygens (including phenoxy) is 1. The summed E-state index contributed by atoms with van der Waals surface area (Å²) in [6.07, 6.45) is 4.62. The SMILES string of the molecule is COC1(CNC(=O)c2ccc(C#CCO)cn2)CCC1. The highest BCUT2D eigenvalue weighted by Gasteiger charge is 2.37. The highest BCUT2D eigenvalue weighted by Crippen LogP contribution is 2.34. The van der Waals surface area contributed by atoms with Crippen molar-refractivity contribution < 1.29 is 14.6 Å². The smallest absolute Gasteiger partial charge is 0.269 e. The Kier molecular flexibility index (Phi) is 4.72. The summed E-state index contributed by atoms with van der Waals surface area (Å²) in [5, 5.41) is 11.5. The molecule has 1 saturated carbocycles. The summed E-state index contributed by atoms with van der Waals surface area (Å²) < 4.78 is 5.45. The molecule has 0 atom stereocenters. The Balaban J connectivity index is 1.92. The van der Waals surface area contributed by atoms with Crippen molar-refractivity contribution in [1.82, 2.24) is 10.3 Å². The van der Waals surface area contributed by atoms with Crippen LogP contribution in [0.3, 0.4) is 0 Å². The number of aliphatic hydroxyl groups excluding tert-OH is 1. The molecule has 0 saturated heterocycles. The molecule has 1 amide bonds. The van der Waals surface area contributed by atoms with E-state index in [1.807, 2.05) is 0 Å². The third kappa shape index (κ3) is 3.35. The Morgan fingerprint density at radius 1 is 1.55 bits per heavy atom. The first-order chi connectivity index (χ1) is 9.69. The van der Waals surface area contributed by atoms with Crippen LogP contribution in [0.4, 0.5) is 0 Å². The van der Waals surface area contributed by atoms with E-state index in [1.165, 1.54) is 6.20 Å². The molecule has 1 aromatic rings. The van der Waals surface area contributed by atoms with Crippen molar-refractivity contribution in [3.63, 3.8) is 0 Å². The van der Waals surface area contributed by atoms with Crippen LogP contribution in [0.5, 0.6) is 0 Å². The second-order valence-electron chi connectivity index (χ2n) is 4.82. The molecule has 5 nitrogen and oxygen atoms in total. The number of methoxy groups -OCH3 is 1. The molecule has 1 aliphatic carbocycles. The molecule has 20 heavy (non-hydrogen) atoms. The van der Waals surface area contributed by atoms with Crippen LogP contribution in [-0.4, -0.2) is 41.9 Å². The second-order valence-corrected chi connectivity index (χ2v) is 4.82. The number of hydrogen-bond donors (Lipinski definition) is 2. The van der Waals surface area contributed by atoms with Gasteiger partial charge in [0.15, 0.2) is 0 Å². The Morgan fingerprint density at radius 3 is 2.85 bits per heavy atom. The van der Waals surface area contributed by atoms with Gasteiger partial charge in [0, 0.05) is 25.4 Å². The minimum atomic E-state index is -0.213. The van der Waals surface area contributed by atoms with Crippen molar-refractivity contribution in [2.45, 2.75) is 24.9 Å². The third-order valence-corrected chi connectivity index (χ3v) is 3.58. The van der Waals surface area contributed by atoms with Crippen LogP contribution < -0.4 is 5.32 Å². The molecule has 0 radical (unpaired) electrons. The molecule has 0 unspecified atom stereocenters. The molecule has 2 rings (SSSR count). The molecule has 1 aromatic heterocycles. The second kappa shape index (κ2) is 6.51. The monoisotopic (exact) mass is 274 g/mol. The largest absolute Gasteiger partial charge is 0.384 e. The van der Waals surface area contributed by atoms with E-state index in [2.05, 4.69) is 22.1 Å². The summed E-state index contributed by atoms with van der Waals surface area (Å²) in [6, 6.07) is 3.33. The maximum absolute atomic E-state index is 12.0. The lowest BCUT2D eigenvalue weighted by atomic mass is 9.80. The predicted octanol–water partition coefficient (Wildman–Crippen LogP) is 0.724. The molecule has 1 heterocycles. The van der Waals surface area contributed by atoms with Crippen molar-refractivity contribution in [2.75, 3.05) is 20.3 Å². The van der Waals surface area contributed by atoms with Gasteiger partial charge in [-0.3, -0.25) is 4.79 Å². The van der Waals surface area contributed by atoms with Gasteiger partial charge in [-0.1, -0.05) is 11.8 Å². The summed E-state index contributed by atoms with van der Waals surface area (Å²) in [7, 11) is 1.68. The Labute approximate surface area is 118 Å². The van der Waals surface area contributed by atoms with E-state index in [-0.39, 0.29) is 18.1 Å². The van der Waals surface area contributed by atoms with Gasteiger partial charge in [0.2, 0.25) is 0 Å². The maximum Gasteiger partial charge on any atom is 0.269 e. The number of nitrogens with one attached hydrogen (secondary N) is 1. The molecule has 106 valence electrons. The van der Waals surface area contributed by atoms with Gasteiger partial charge in [-0.2, -0.15) is 0 Å². The van der Waals surface area contributed by atoms with Crippen LogP contribution in [0.15, 0.2) is 18.3 Å². The predicted molar refractivity (Wildman–Crippen MR) is 74.1 cm³/mol. The van der Waals surface area contributed by atoms with Crippen LogP contribution in [0.2, 0.25) is 0 Å². The van der Waals surface area contributed by atoms with E-state index in [0.29, 0.717) is 17.8 Å². The highest BCUT2D eigenvalue weighted by atomic mass is 16.5. The number of aliphatic hydroxyl groups is 1. The zero-order valence-corrected chi connectivity index (χ0v) is 11.5. The lowest BCUT2D eigenvalue weighted by Crippen LogP contribution is -2.49. The average Bonchev–Trinajstić information content (AvgIpc) is 2.45. The Morgan fingerprint density at radius 2 is 2.35 bits per heavy atom. The fourth-order valence-electron chi connectivity index (χ4n) is 2.10. The summed E-state index contributed by atoms with van der Waals surface area (Å²) in [5.41, 5.74) is 0.829. The molecule has 5 heteroatoms. The van der Waals surface area contributed by atoms with E-state index < -0.39 is 0 Å². The minimum absolute atomic E-state index is 0.192. The van der Waals surface area contributed by atoms with Crippen molar-refractivity contribution in [3.8, 4) is 11.8 Å². The number of carbonyl (C=O) groups excluding carboxylic acids is 1. The maximum atomic E-state index is 12.0. The lowest BCUT2D eigenvalue weighted by Gasteiger charge is -2.40. The van der Waals surface area contributed by atoms with E-state index in [9.17, 15) is 4.79 Å². The van der Waals surface area contributed by atoms with Crippen LogP contribution in [0, 0.1) is 11.8 Å². The highest BCUT2D eigenvalue weighted by molar-refractivity contribution is 5.92. The first kappa shape index (κ1) is 14.5. The Hall–Kier alpha value is -1.90. The van der Waals surface area contributed by atoms with Gasteiger partial charge in [-0.25, -0.2) is 4.98 Å². The van der Waals surface area contributed by atoms with E-state index in [0.717, 1.165) is 19.3 Å². The van der Waals surface area contributed by atoms with Crippen molar-refractivity contribution in [2.24, 2.45) is 0 Å². The van der Waals surface area contributed by atoms with Crippen molar-refractivity contribution in [1.29, 1.82) is 0 Å². The van der Waals surface area contributed by atoms with E-state index in [4.69, 9.17) is 9.84 Å². The van der Waals surface area contributed by atoms with Crippen LogP contribution in [-0.2, 0) is 4.74 Å². The van der Waals surface area contributed by atoms with Gasteiger partial charge >= 0.3 is 0 Å². The Bertz CT molecular complexity index is 519. The van der Waals surface area contributed by atoms with E-state index >= 15 is 0 Å². The molecule has 1 fully saturated rings. The summed E-state index contributed by atoms with van der Waals surface area (Å²) in [5.74, 6) is 5.05. The minimum Gasteiger partial charge on any atom is -0.384 e. The average molecular weight is 274 g/mol. The molecule has 0 aromatic carbocycles. The zero-order valence-electron chi connectivity index (χ0n) is 11.5. The first-order valence-corrected chi connectivity index (χ1v) is 6.58. The number of rotatable bonds is 4. The van der Waals surface area contributed by atoms with Crippen molar-refractivity contribution in [3.05, 3.63) is 29.6 Å². The molecular weight excluding hydrogens is 256 g/mol. The topological polar surface area (TPSA) is 71.5 Å². The number of pyridine rings is 1. The fraction of sp³-hybridized carbons (Fsp3) is 0.467. The van der Waals surface area contributed by atoms with Crippen LogP contribution in [0.1, 0.15) is 35.3 Å². The molecule has 0 spiro atoms. The van der Waals surface area contributed by atoms with Crippen LogP contribution in [0.25, 0.3) is 0 Å². The van der Waals surface area contributed by atoms with Gasteiger partial charge in [0.1, 0.15) is 12.3 Å². The van der Waals surface area contributed by atoms with E-state index in [1.54, 1.807) is 19.2 Å². The molecule has 0 aliphatic heterocycles. The number of aromatic nitrogens is 1. The molecule has 1 aliphatic rings. The lowest BCUT2D eigenvalue weighted by molar-refractivity contribution is -0.0679. The van der Waals surface area contributed by atoms with Crippen LogP contribution >= 0.6 is 0 Å². The summed E-state index contributed by atoms with van der Waals surface area (Å²) >= 11 is 0. The number of carbonyl (C=O) groups is 1. The van der Waals surface area contributed by atoms with Gasteiger partial charge in [0.25, 0.3) is 5.91 Å². The van der Waals surface area contributed by atoms with Crippen molar-refractivity contribution >= 4 is 5.91 Å². The third-order valence-electron chi connectivity index (χ3n) is 3.58. The summed E-state index contributed by atoms with van der Waals surface area (Å²) in [6.45, 7) is 0.317. The van der Waals surface area contributed by atoms with Gasteiger partial charge < -0.3 is 15.2 Å². The standard InChI is InChI=1S/C15H18N2O3/c1-20-15(7-3-8-15)11-17-14(19)13-6-5-12(10-16-13)4-2-9-18/h5-6,10,18H,3,7-9,11H2,1H3,(H,17,19). The number of amides is 1. The molecular formula is C15H18N2O3. The normalized spacial score (nSPS) is 15.7. The number of hydrogen-bond acceptors (Lipinski definition) is 4. The summed E-state index contributed by atoms with van der Waals surface area (Å²) in [4.78, 5) is 16.0.